The first-order valence-electron chi connectivity index (χ1n) is 9.73. The number of carbonyl (C=O) groups excluding carboxylic acids is 1. The lowest BCUT2D eigenvalue weighted by Crippen LogP contribution is -2.41. The minimum absolute atomic E-state index is 0.0682. The Bertz CT molecular complexity index is 1260. The predicted octanol–water partition coefficient (Wildman–Crippen LogP) is 4.89. The highest BCUT2D eigenvalue weighted by Gasteiger charge is 2.53. The lowest BCUT2D eigenvalue weighted by molar-refractivity contribution is -0.137. The normalized spacial score (nSPS) is 16.3. The van der Waals surface area contributed by atoms with Crippen molar-refractivity contribution in [3.8, 4) is 0 Å². The molecule has 0 atom stereocenters. The molecule has 4 nitrogen and oxygen atoms in total. The van der Waals surface area contributed by atoms with Gasteiger partial charge < -0.3 is 0 Å². The molecule has 1 heterocycles. The van der Waals surface area contributed by atoms with Gasteiger partial charge in [0.25, 0.3) is 15.9 Å². The van der Waals surface area contributed by atoms with Crippen LogP contribution in [0, 0.1) is 11.6 Å². The van der Waals surface area contributed by atoms with Gasteiger partial charge in [0.1, 0.15) is 17.0 Å². The molecule has 10 heteroatoms. The second kappa shape index (κ2) is 7.95. The summed E-state index contributed by atoms with van der Waals surface area (Å²) in [6.07, 6.45) is -4.84. The Kier molecular flexibility index (Phi) is 5.52. The van der Waals surface area contributed by atoms with Gasteiger partial charge in [0, 0.05) is 6.54 Å². The Morgan fingerprint density at radius 2 is 1.33 bits per heavy atom. The van der Waals surface area contributed by atoms with Crippen molar-refractivity contribution in [3.05, 3.63) is 101 Å². The summed E-state index contributed by atoms with van der Waals surface area (Å²) in [5.74, 6) is -2.07. The molecular weight excluding hydrogens is 465 g/mol. The fourth-order valence-electron chi connectivity index (χ4n) is 4.05. The average molecular weight is 481 g/mol. The Labute approximate surface area is 186 Å². The molecular formula is C23H16F5NO3S. The van der Waals surface area contributed by atoms with Gasteiger partial charge in [-0.3, -0.25) is 4.79 Å². The summed E-state index contributed by atoms with van der Waals surface area (Å²) in [5, 5.41) is 0. The smallest absolute Gasteiger partial charge is 0.272 e. The van der Waals surface area contributed by atoms with E-state index in [0.29, 0.717) is 10.4 Å². The van der Waals surface area contributed by atoms with Crippen LogP contribution < -0.4 is 0 Å². The molecule has 0 spiro atoms. The Hall–Kier alpha value is -3.27. The van der Waals surface area contributed by atoms with Crippen LogP contribution >= 0.6 is 0 Å². The molecule has 0 aromatic heterocycles. The van der Waals surface area contributed by atoms with Crippen LogP contribution in [-0.2, 0) is 26.4 Å². The number of rotatable bonds is 4. The largest absolute Gasteiger partial charge is 0.416 e. The Balaban J connectivity index is 1.83. The van der Waals surface area contributed by atoms with Gasteiger partial charge in [0.05, 0.1) is 10.5 Å². The van der Waals surface area contributed by atoms with E-state index in [-0.39, 0.29) is 24.1 Å². The number of carbonyl (C=O) groups is 1. The van der Waals surface area contributed by atoms with E-state index < -0.39 is 49.6 Å². The van der Waals surface area contributed by atoms with Crippen LogP contribution in [-0.4, -0.2) is 25.2 Å². The van der Waals surface area contributed by atoms with Gasteiger partial charge >= 0.3 is 6.18 Å². The molecule has 1 aliphatic rings. The summed E-state index contributed by atoms with van der Waals surface area (Å²) in [5.41, 5.74) is -2.20. The van der Waals surface area contributed by atoms with E-state index in [4.69, 9.17) is 0 Å². The predicted molar refractivity (Wildman–Crippen MR) is 109 cm³/mol. The fourth-order valence-corrected chi connectivity index (χ4v) is 5.54. The van der Waals surface area contributed by atoms with Gasteiger partial charge in [0.15, 0.2) is 0 Å². The van der Waals surface area contributed by atoms with Crippen LogP contribution in [0.1, 0.15) is 23.1 Å². The molecule has 1 amide bonds. The second-order valence-electron chi connectivity index (χ2n) is 7.58. The van der Waals surface area contributed by atoms with Gasteiger partial charge in [-0.2, -0.15) is 13.2 Å². The molecule has 0 N–H and O–H groups in total. The molecule has 1 saturated heterocycles. The van der Waals surface area contributed by atoms with Crippen LogP contribution in [0.4, 0.5) is 22.0 Å². The van der Waals surface area contributed by atoms with E-state index in [1.807, 2.05) is 0 Å². The third kappa shape index (κ3) is 3.88. The topological polar surface area (TPSA) is 54.5 Å². The summed E-state index contributed by atoms with van der Waals surface area (Å²) in [4.78, 5) is 13.0. The van der Waals surface area contributed by atoms with Crippen molar-refractivity contribution in [2.24, 2.45) is 0 Å². The molecule has 4 rings (SSSR count). The van der Waals surface area contributed by atoms with Crippen LogP contribution in [0.15, 0.2) is 77.7 Å². The first-order chi connectivity index (χ1) is 15.5. The van der Waals surface area contributed by atoms with Gasteiger partial charge in [-0.1, -0.05) is 30.3 Å². The van der Waals surface area contributed by atoms with Gasteiger partial charge in [-0.05, 0) is 60.0 Å². The lowest BCUT2D eigenvalue weighted by Gasteiger charge is -2.29. The van der Waals surface area contributed by atoms with Crippen LogP contribution in [0.25, 0.3) is 0 Å². The summed E-state index contributed by atoms with van der Waals surface area (Å²) in [6, 6.07) is 12.9. The number of halogens is 5. The number of amides is 1. The molecule has 3 aromatic rings. The van der Waals surface area contributed by atoms with E-state index >= 15 is 0 Å². The van der Waals surface area contributed by atoms with Crippen LogP contribution in [0.2, 0.25) is 0 Å². The Morgan fingerprint density at radius 1 is 0.818 bits per heavy atom. The quantitative estimate of drug-likeness (QED) is 0.499. The Morgan fingerprint density at radius 3 is 1.82 bits per heavy atom. The number of benzene rings is 3. The SMILES string of the molecule is O=C1N(S(=O)(=O)c2cccc(C(F)(F)F)c2)CCC1(c1ccc(F)cc1)c1ccc(F)cc1. The highest BCUT2D eigenvalue weighted by Crippen LogP contribution is 2.44. The zero-order valence-corrected chi connectivity index (χ0v) is 17.6. The lowest BCUT2D eigenvalue weighted by atomic mass is 9.73. The van der Waals surface area contributed by atoms with E-state index in [1.165, 1.54) is 24.3 Å². The minimum Gasteiger partial charge on any atom is -0.272 e. The number of hydrogen-bond donors (Lipinski definition) is 0. The molecule has 0 unspecified atom stereocenters. The van der Waals surface area contributed by atoms with Crippen molar-refractivity contribution in [3.63, 3.8) is 0 Å². The maximum atomic E-state index is 13.6. The van der Waals surface area contributed by atoms with E-state index in [2.05, 4.69) is 0 Å². The monoisotopic (exact) mass is 481 g/mol. The van der Waals surface area contributed by atoms with Crippen LogP contribution in [0.3, 0.4) is 0 Å². The maximum absolute atomic E-state index is 13.6. The van der Waals surface area contributed by atoms with Gasteiger partial charge in [0.2, 0.25) is 0 Å². The van der Waals surface area contributed by atoms with Crippen LogP contribution in [0.5, 0.6) is 0 Å². The average Bonchev–Trinajstić information content (AvgIpc) is 3.13. The van der Waals surface area contributed by atoms with Crippen molar-refractivity contribution in [1.29, 1.82) is 0 Å². The molecule has 1 aliphatic heterocycles. The number of hydrogen-bond acceptors (Lipinski definition) is 3. The number of sulfonamides is 1. The van der Waals surface area contributed by atoms with E-state index in [0.717, 1.165) is 42.5 Å². The molecule has 1 fully saturated rings. The summed E-state index contributed by atoms with van der Waals surface area (Å²) in [7, 11) is -4.64. The standard InChI is InChI=1S/C23H16F5NO3S/c24-18-8-4-15(5-9-18)22(16-6-10-19(25)11-7-16)12-13-29(21(22)30)33(31,32)20-3-1-2-17(14-20)23(26,27)28/h1-11,14H,12-13H2. The molecule has 0 bridgehead atoms. The van der Waals surface area contributed by atoms with Crippen molar-refractivity contribution in [2.75, 3.05) is 6.54 Å². The molecule has 172 valence electrons. The van der Waals surface area contributed by atoms with Crippen molar-refractivity contribution in [1.82, 2.24) is 4.31 Å². The summed E-state index contributed by atoms with van der Waals surface area (Å²) >= 11 is 0. The number of nitrogens with zero attached hydrogens (tertiary/aromatic N) is 1. The fraction of sp³-hybridized carbons (Fsp3) is 0.174. The van der Waals surface area contributed by atoms with Gasteiger partial charge in [-0.15, -0.1) is 0 Å². The first kappa shape index (κ1) is 22.9. The van der Waals surface area contributed by atoms with Crippen molar-refractivity contribution in [2.45, 2.75) is 22.9 Å². The van der Waals surface area contributed by atoms with E-state index in [9.17, 15) is 35.2 Å². The first-order valence-corrected chi connectivity index (χ1v) is 11.2. The third-order valence-electron chi connectivity index (χ3n) is 5.70. The molecule has 0 aliphatic carbocycles. The summed E-state index contributed by atoms with van der Waals surface area (Å²) in [6.45, 7) is -0.327. The third-order valence-corrected chi connectivity index (χ3v) is 7.48. The van der Waals surface area contributed by atoms with Gasteiger partial charge in [-0.25, -0.2) is 21.5 Å². The molecule has 0 radical (unpaired) electrons. The minimum atomic E-state index is -4.77. The zero-order chi connectivity index (χ0) is 24.0. The summed E-state index contributed by atoms with van der Waals surface area (Å²) < 4.78 is 93.3. The van der Waals surface area contributed by atoms with Crippen molar-refractivity contribution < 1.29 is 35.2 Å². The highest BCUT2D eigenvalue weighted by atomic mass is 32.2. The molecule has 33 heavy (non-hydrogen) atoms. The number of alkyl halides is 3. The molecule has 0 saturated carbocycles. The zero-order valence-electron chi connectivity index (χ0n) is 16.8. The molecule has 3 aromatic carbocycles. The van der Waals surface area contributed by atoms with E-state index in [1.54, 1.807) is 0 Å². The second-order valence-corrected chi connectivity index (χ2v) is 9.44. The maximum Gasteiger partial charge on any atom is 0.416 e. The highest BCUT2D eigenvalue weighted by molar-refractivity contribution is 7.89. The van der Waals surface area contributed by atoms with Crippen molar-refractivity contribution >= 4 is 15.9 Å².